The standard InChI is InChI=1S/C18H21NO4/c1-12(2)9-10-19-16(20)11-23-18(22)15-8-7-13-5-3-4-6-14(13)17(15)21/h3-8,12,21H,9-11H2,1-2H3,(H,19,20). The van der Waals surface area contributed by atoms with Crippen LogP contribution in [0.4, 0.5) is 0 Å². The normalized spacial score (nSPS) is 10.7. The lowest BCUT2D eigenvalue weighted by Crippen LogP contribution is -2.30. The SMILES string of the molecule is CC(C)CCNC(=O)COC(=O)c1ccc2ccccc2c1O. The number of phenols is 1. The molecule has 5 heteroatoms. The van der Waals surface area contributed by atoms with Crippen molar-refractivity contribution >= 4 is 22.6 Å². The molecule has 5 nitrogen and oxygen atoms in total. The molecule has 0 saturated heterocycles. The highest BCUT2D eigenvalue weighted by atomic mass is 16.5. The Kier molecular flexibility index (Phi) is 5.57. The van der Waals surface area contributed by atoms with E-state index < -0.39 is 5.97 Å². The number of carbonyl (C=O) groups excluding carboxylic acids is 2. The summed E-state index contributed by atoms with van der Waals surface area (Å²) in [5.41, 5.74) is 0.0543. The fourth-order valence-corrected chi connectivity index (χ4v) is 2.18. The van der Waals surface area contributed by atoms with Crippen LogP contribution in [0.2, 0.25) is 0 Å². The number of carbonyl (C=O) groups is 2. The Morgan fingerprint density at radius 1 is 1.17 bits per heavy atom. The van der Waals surface area contributed by atoms with Gasteiger partial charge >= 0.3 is 5.97 Å². The molecule has 0 heterocycles. The Morgan fingerprint density at radius 2 is 1.91 bits per heavy atom. The van der Waals surface area contributed by atoms with Gasteiger partial charge in [0.15, 0.2) is 6.61 Å². The van der Waals surface area contributed by atoms with Crippen LogP contribution in [-0.4, -0.2) is 30.1 Å². The summed E-state index contributed by atoms with van der Waals surface area (Å²) in [4.78, 5) is 23.6. The predicted octanol–water partition coefficient (Wildman–Crippen LogP) is 2.86. The molecule has 0 aliphatic carbocycles. The van der Waals surface area contributed by atoms with Crippen LogP contribution >= 0.6 is 0 Å². The molecule has 122 valence electrons. The van der Waals surface area contributed by atoms with E-state index in [0.29, 0.717) is 17.8 Å². The molecule has 0 aromatic heterocycles. The molecule has 0 saturated carbocycles. The number of rotatable bonds is 6. The summed E-state index contributed by atoms with van der Waals surface area (Å²) in [7, 11) is 0. The van der Waals surface area contributed by atoms with Crippen molar-refractivity contribution in [3.8, 4) is 5.75 Å². The smallest absolute Gasteiger partial charge is 0.342 e. The summed E-state index contributed by atoms with van der Waals surface area (Å²) in [5.74, 6) is -0.702. The third kappa shape index (κ3) is 4.45. The number of ether oxygens (including phenoxy) is 1. The fraction of sp³-hybridized carbons (Fsp3) is 0.333. The van der Waals surface area contributed by atoms with E-state index in [1.807, 2.05) is 12.1 Å². The molecule has 2 aromatic carbocycles. The Hall–Kier alpha value is -2.56. The summed E-state index contributed by atoms with van der Waals surface area (Å²) in [6.45, 7) is 4.32. The van der Waals surface area contributed by atoms with E-state index in [2.05, 4.69) is 19.2 Å². The number of hydrogen-bond donors (Lipinski definition) is 2. The third-order valence-electron chi connectivity index (χ3n) is 3.50. The summed E-state index contributed by atoms with van der Waals surface area (Å²) >= 11 is 0. The van der Waals surface area contributed by atoms with Gasteiger partial charge in [0.1, 0.15) is 11.3 Å². The lowest BCUT2D eigenvalue weighted by atomic mass is 10.1. The van der Waals surface area contributed by atoms with Crippen molar-refractivity contribution in [1.29, 1.82) is 0 Å². The first-order valence-electron chi connectivity index (χ1n) is 7.63. The fourth-order valence-electron chi connectivity index (χ4n) is 2.18. The van der Waals surface area contributed by atoms with E-state index in [4.69, 9.17) is 4.74 Å². The number of esters is 1. The second-order valence-corrected chi connectivity index (χ2v) is 5.79. The molecule has 1 amide bonds. The van der Waals surface area contributed by atoms with Crippen molar-refractivity contribution in [2.45, 2.75) is 20.3 Å². The van der Waals surface area contributed by atoms with Crippen molar-refractivity contribution < 1.29 is 19.4 Å². The number of benzene rings is 2. The highest BCUT2D eigenvalue weighted by molar-refractivity contribution is 6.01. The maximum absolute atomic E-state index is 12.0. The van der Waals surface area contributed by atoms with Gasteiger partial charge in [-0.3, -0.25) is 4.79 Å². The minimum Gasteiger partial charge on any atom is -0.506 e. The first kappa shape index (κ1) is 16.8. The lowest BCUT2D eigenvalue weighted by Gasteiger charge is -2.09. The molecule has 0 spiro atoms. The molecular formula is C18H21NO4. The van der Waals surface area contributed by atoms with Gasteiger partial charge in [-0.2, -0.15) is 0 Å². The summed E-state index contributed by atoms with van der Waals surface area (Å²) in [6, 6.07) is 10.4. The van der Waals surface area contributed by atoms with Gasteiger partial charge in [-0.1, -0.05) is 44.2 Å². The molecule has 2 rings (SSSR count). The zero-order valence-electron chi connectivity index (χ0n) is 13.3. The molecular weight excluding hydrogens is 294 g/mol. The molecule has 0 unspecified atom stereocenters. The van der Waals surface area contributed by atoms with E-state index >= 15 is 0 Å². The highest BCUT2D eigenvalue weighted by Crippen LogP contribution is 2.28. The second-order valence-electron chi connectivity index (χ2n) is 5.79. The van der Waals surface area contributed by atoms with Crippen molar-refractivity contribution in [1.82, 2.24) is 5.32 Å². The number of fused-ring (bicyclic) bond motifs is 1. The quantitative estimate of drug-likeness (QED) is 0.804. The van der Waals surface area contributed by atoms with Crippen molar-refractivity contribution in [3.05, 3.63) is 42.0 Å². The molecule has 0 radical (unpaired) electrons. The van der Waals surface area contributed by atoms with Gasteiger partial charge in [0.25, 0.3) is 5.91 Å². The number of hydrogen-bond acceptors (Lipinski definition) is 4. The van der Waals surface area contributed by atoms with Crippen LogP contribution in [0.15, 0.2) is 36.4 Å². The first-order valence-corrected chi connectivity index (χ1v) is 7.63. The lowest BCUT2D eigenvalue weighted by molar-refractivity contribution is -0.124. The van der Waals surface area contributed by atoms with E-state index in [1.54, 1.807) is 18.2 Å². The minimum atomic E-state index is -0.715. The number of nitrogens with one attached hydrogen (secondary N) is 1. The molecule has 23 heavy (non-hydrogen) atoms. The average Bonchev–Trinajstić information content (AvgIpc) is 2.53. The zero-order valence-corrected chi connectivity index (χ0v) is 13.3. The number of phenolic OH excluding ortho intramolecular Hbond substituents is 1. The maximum Gasteiger partial charge on any atom is 0.342 e. The molecule has 0 fully saturated rings. The van der Waals surface area contributed by atoms with E-state index in [0.717, 1.165) is 11.8 Å². The topological polar surface area (TPSA) is 75.6 Å². The van der Waals surface area contributed by atoms with Gasteiger partial charge in [-0.15, -0.1) is 0 Å². The monoisotopic (exact) mass is 315 g/mol. The Balaban J connectivity index is 1.96. The summed E-state index contributed by atoms with van der Waals surface area (Å²) in [5, 5.41) is 14.3. The van der Waals surface area contributed by atoms with Crippen LogP contribution in [0.25, 0.3) is 10.8 Å². The average molecular weight is 315 g/mol. The molecule has 0 atom stereocenters. The van der Waals surface area contributed by atoms with E-state index in [9.17, 15) is 14.7 Å². The van der Waals surface area contributed by atoms with E-state index in [-0.39, 0.29) is 23.8 Å². The molecule has 0 bridgehead atoms. The van der Waals surface area contributed by atoms with Crippen molar-refractivity contribution in [2.75, 3.05) is 13.2 Å². The van der Waals surface area contributed by atoms with Gasteiger partial charge in [-0.05, 0) is 23.8 Å². The molecule has 2 N–H and O–H groups in total. The Labute approximate surface area is 135 Å². The predicted molar refractivity (Wildman–Crippen MR) is 88.4 cm³/mol. The van der Waals surface area contributed by atoms with Crippen LogP contribution in [-0.2, 0) is 9.53 Å². The molecule has 2 aromatic rings. The summed E-state index contributed by atoms with van der Waals surface area (Å²) in [6.07, 6.45) is 0.866. The van der Waals surface area contributed by atoms with Crippen LogP contribution < -0.4 is 5.32 Å². The van der Waals surface area contributed by atoms with Crippen LogP contribution in [0, 0.1) is 5.92 Å². The minimum absolute atomic E-state index is 0.0543. The largest absolute Gasteiger partial charge is 0.506 e. The number of amides is 1. The Morgan fingerprint density at radius 3 is 2.65 bits per heavy atom. The molecule has 0 aliphatic heterocycles. The van der Waals surface area contributed by atoms with Crippen LogP contribution in [0.3, 0.4) is 0 Å². The first-order chi connectivity index (χ1) is 11.0. The van der Waals surface area contributed by atoms with Gasteiger partial charge in [0.2, 0.25) is 0 Å². The van der Waals surface area contributed by atoms with Crippen LogP contribution in [0.1, 0.15) is 30.6 Å². The maximum atomic E-state index is 12.0. The molecule has 0 aliphatic rings. The summed E-state index contributed by atoms with van der Waals surface area (Å²) < 4.78 is 4.97. The van der Waals surface area contributed by atoms with Gasteiger partial charge in [-0.25, -0.2) is 4.79 Å². The van der Waals surface area contributed by atoms with Gasteiger partial charge in [0.05, 0.1) is 0 Å². The van der Waals surface area contributed by atoms with Crippen LogP contribution in [0.5, 0.6) is 5.75 Å². The van der Waals surface area contributed by atoms with Gasteiger partial charge in [0, 0.05) is 11.9 Å². The zero-order chi connectivity index (χ0) is 16.8. The van der Waals surface area contributed by atoms with Crippen molar-refractivity contribution in [3.63, 3.8) is 0 Å². The highest BCUT2D eigenvalue weighted by Gasteiger charge is 2.16. The Bertz CT molecular complexity index is 709. The second kappa shape index (κ2) is 7.63. The third-order valence-corrected chi connectivity index (χ3v) is 3.50. The van der Waals surface area contributed by atoms with Gasteiger partial charge < -0.3 is 15.2 Å². The number of aromatic hydroxyl groups is 1. The van der Waals surface area contributed by atoms with Crippen molar-refractivity contribution in [2.24, 2.45) is 5.92 Å². The van der Waals surface area contributed by atoms with E-state index in [1.165, 1.54) is 6.07 Å².